The molecule has 3 heterocycles. The molecule has 3 aromatic rings. The smallest absolute Gasteiger partial charge is 0.433 e. The van der Waals surface area contributed by atoms with Crippen molar-refractivity contribution in [2.24, 2.45) is 0 Å². The van der Waals surface area contributed by atoms with E-state index in [4.69, 9.17) is 14.6 Å². The van der Waals surface area contributed by atoms with Gasteiger partial charge in [0, 0.05) is 36.6 Å². The first-order valence-corrected chi connectivity index (χ1v) is 11.3. The summed E-state index contributed by atoms with van der Waals surface area (Å²) in [6.45, 7) is 4.30. The van der Waals surface area contributed by atoms with E-state index < -0.39 is 17.8 Å². The first kappa shape index (κ1) is 28.2. The Bertz CT molecular complexity index is 1240. The normalized spacial score (nSPS) is 13.6. The zero-order valence-corrected chi connectivity index (χ0v) is 20.7. The molecule has 1 aliphatic rings. The molecule has 8 nitrogen and oxygen atoms in total. The van der Waals surface area contributed by atoms with E-state index in [0.717, 1.165) is 22.9 Å². The molecule has 2 N–H and O–H groups in total. The van der Waals surface area contributed by atoms with Crippen LogP contribution >= 0.6 is 12.4 Å². The number of aryl methyl sites for hydroxylation is 1. The topological polar surface area (TPSA) is 96.8 Å². The Kier molecular flexibility index (Phi) is 9.30. The summed E-state index contributed by atoms with van der Waals surface area (Å²) in [5.41, 5.74) is 1.58. The van der Waals surface area contributed by atoms with Gasteiger partial charge in [0.2, 0.25) is 5.88 Å². The molecule has 0 aliphatic carbocycles. The fraction of sp³-hybridized carbons (Fsp3) is 0.320. The Balaban J connectivity index is 0.00000380. The maximum absolute atomic E-state index is 13.0. The van der Waals surface area contributed by atoms with Gasteiger partial charge < -0.3 is 24.8 Å². The highest BCUT2D eigenvalue weighted by Gasteiger charge is 2.33. The van der Waals surface area contributed by atoms with Crippen molar-refractivity contribution in [1.82, 2.24) is 9.97 Å². The van der Waals surface area contributed by atoms with Gasteiger partial charge in [-0.15, -0.1) is 12.4 Å². The zero-order chi connectivity index (χ0) is 25.7. The summed E-state index contributed by atoms with van der Waals surface area (Å²) in [5.74, 6) is 0.343. The minimum atomic E-state index is -4.65. The van der Waals surface area contributed by atoms with Crippen molar-refractivity contribution < 1.29 is 32.5 Å². The van der Waals surface area contributed by atoms with E-state index in [9.17, 15) is 18.0 Å². The summed E-state index contributed by atoms with van der Waals surface area (Å²) < 4.78 is 50.0. The first-order valence-electron chi connectivity index (χ1n) is 11.3. The minimum Gasteiger partial charge on any atom is -0.475 e. The van der Waals surface area contributed by atoms with Crippen LogP contribution < -0.4 is 15.0 Å². The molecule has 0 bridgehead atoms. The molecular weight excluding hydrogens is 513 g/mol. The number of aliphatic hydroxyl groups excluding tert-OH is 1. The number of pyridine rings is 2. The second kappa shape index (κ2) is 12.2. The van der Waals surface area contributed by atoms with Crippen molar-refractivity contribution >= 4 is 29.8 Å². The summed E-state index contributed by atoms with van der Waals surface area (Å²) in [6.07, 6.45) is -3.70. The zero-order valence-electron chi connectivity index (χ0n) is 19.9. The highest BCUT2D eigenvalue weighted by Crippen LogP contribution is 2.32. The van der Waals surface area contributed by atoms with Crippen molar-refractivity contribution in [3.8, 4) is 17.0 Å². The third kappa shape index (κ3) is 7.09. The number of carbonyl (C=O) groups excluding carboxylic acids is 1. The van der Waals surface area contributed by atoms with E-state index in [1.165, 1.54) is 6.07 Å². The largest absolute Gasteiger partial charge is 0.475 e. The van der Waals surface area contributed by atoms with Gasteiger partial charge in [-0.2, -0.15) is 18.2 Å². The fourth-order valence-corrected chi connectivity index (χ4v) is 3.77. The lowest BCUT2D eigenvalue weighted by Gasteiger charge is -2.28. The van der Waals surface area contributed by atoms with Crippen LogP contribution in [0.3, 0.4) is 0 Å². The van der Waals surface area contributed by atoms with E-state index in [1.807, 2.05) is 19.1 Å². The van der Waals surface area contributed by atoms with Crippen LogP contribution in [-0.4, -0.2) is 60.5 Å². The highest BCUT2D eigenvalue weighted by atomic mass is 35.5. The molecule has 1 aromatic carbocycles. The van der Waals surface area contributed by atoms with Gasteiger partial charge in [-0.25, -0.2) is 0 Å². The van der Waals surface area contributed by atoms with Crippen LogP contribution in [0.25, 0.3) is 11.1 Å². The molecule has 0 radical (unpaired) electrons. The number of aliphatic hydroxyl groups is 1. The van der Waals surface area contributed by atoms with E-state index in [-0.39, 0.29) is 31.2 Å². The number of aromatic nitrogens is 2. The van der Waals surface area contributed by atoms with Gasteiger partial charge >= 0.3 is 6.18 Å². The molecule has 12 heteroatoms. The Morgan fingerprint density at radius 3 is 2.62 bits per heavy atom. The Morgan fingerprint density at radius 2 is 1.92 bits per heavy atom. The Labute approximate surface area is 217 Å². The van der Waals surface area contributed by atoms with Crippen molar-refractivity contribution in [2.45, 2.75) is 13.1 Å². The second-order valence-corrected chi connectivity index (χ2v) is 8.14. The molecule has 0 atom stereocenters. The number of morpholine rings is 1. The molecule has 1 aliphatic heterocycles. The lowest BCUT2D eigenvalue weighted by Crippen LogP contribution is -2.36. The molecule has 37 heavy (non-hydrogen) atoms. The van der Waals surface area contributed by atoms with Crippen LogP contribution in [0, 0.1) is 6.92 Å². The lowest BCUT2D eigenvalue weighted by molar-refractivity contribution is -0.141. The molecular formula is C25H26ClF3N4O4. The first-order chi connectivity index (χ1) is 17.2. The van der Waals surface area contributed by atoms with Crippen LogP contribution in [-0.2, 0) is 10.9 Å². The van der Waals surface area contributed by atoms with Crippen LogP contribution in [0.4, 0.5) is 24.7 Å². The summed E-state index contributed by atoms with van der Waals surface area (Å²) in [7, 11) is 0. The SMILES string of the molecule is Cc1ccc(NC(=O)c2ccnc(C(F)(F)F)c2)cc1-c1cc(OCCO)nc(N2CCOCC2)c1.Cl. The molecule has 0 spiro atoms. The predicted molar refractivity (Wildman–Crippen MR) is 134 cm³/mol. The third-order valence-corrected chi connectivity index (χ3v) is 5.58. The van der Waals surface area contributed by atoms with E-state index in [0.29, 0.717) is 49.8 Å². The van der Waals surface area contributed by atoms with Gasteiger partial charge in [-0.3, -0.25) is 9.78 Å². The molecule has 198 valence electrons. The Hall–Kier alpha value is -3.41. The number of nitrogens with zero attached hydrogens (tertiary/aromatic N) is 3. The molecule has 0 saturated carbocycles. The number of benzene rings is 1. The van der Waals surface area contributed by atoms with Crippen molar-refractivity contribution in [3.05, 3.63) is 65.5 Å². The van der Waals surface area contributed by atoms with E-state index >= 15 is 0 Å². The number of halogens is 4. The molecule has 2 aromatic heterocycles. The maximum Gasteiger partial charge on any atom is 0.433 e. The average molecular weight is 539 g/mol. The Morgan fingerprint density at radius 1 is 1.16 bits per heavy atom. The number of amides is 1. The number of rotatable bonds is 7. The van der Waals surface area contributed by atoms with Gasteiger partial charge in [-0.05, 0) is 53.9 Å². The summed E-state index contributed by atoms with van der Waals surface area (Å²) in [6, 6.07) is 10.8. The number of hydrogen-bond donors (Lipinski definition) is 2. The molecule has 0 unspecified atom stereocenters. The van der Waals surface area contributed by atoms with Gasteiger partial charge in [0.05, 0.1) is 19.8 Å². The van der Waals surface area contributed by atoms with Gasteiger partial charge in [0.25, 0.3) is 5.91 Å². The minimum absolute atomic E-state index is 0. The van der Waals surface area contributed by atoms with E-state index in [2.05, 4.69) is 20.2 Å². The highest BCUT2D eigenvalue weighted by molar-refractivity contribution is 6.04. The fourth-order valence-electron chi connectivity index (χ4n) is 3.77. The maximum atomic E-state index is 13.0. The van der Waals surface area contributed by atoms with Gasteiger partial charge in [0.1, 0.15) is 18.1 Å². The molecule has 1 saturated heterocycles. The summed E-state index contributed by atoms with van der Waals surface area (Å²) >= 11 is 0. The van der Waals surface area contributed by atoms with Crippen LogP contribution in [0.2, 0.25) is 0 Å². The predicted octanol–water partition coefficient (Wildman–Crippen LogP) is 4.35. The van der Waals surface area contributed by atoms with E-state index in [1.54, 1.807) is 18.2 Å². The number of alkyl halides is 3. The average Bonchev–Trinajstić information content (AvgIpc) is 2.88. The standard InChI is InChI=1S/C25H25F3N4O4.ClH/c1-16-2-3-19(30-24(34)17-4-5-29-21(12-17)25(26,27)28)15-20(16)18-13-22(32-6-9-35-10-7-32)31-23(14-18)36-11-8-33;/h2-5,12-15,33H,6-11H2,1H3,(H,30,34);1H. The quantitative estimate of drug-likeness (QED) is 0.461. The number of ether oxygens (including phenoxy) is 2. The van der Waals surface area contributed by atoms with Gasteiger partial charge in [0.15, 0.2) is 0 Å². The van der Waals surface area contributed by atoms with Crippen LogP contribution in [0.15, 0.2) is 48.7 Å². The van der Waals surface area contributed by atoms with Gasteiger partial charge in [-0.1, -0.05) is 6.07 Å². The lowest BCUT2D eigenvalue weighted by atomic mass is 10.00. The molecule has 1 fully saturated rings. The van der Waals surface area contributed by atoms with Crippen LogP contribution in [0.1, 0.15) is 21.6 Å². The number of hydrogen-bond acceptors (Lipinski definition) is 7. The monoisotopic (exact) mass is 538 g/mol. The summed E-state index contributed by atoms with van der Waals surface area (Å²) in [4.78, 5) is 22.6. The van der Waals surface area contributed by atoms with Crippen molar-refractivity contribution in [3.63, 3.8) is 0 Å². The molecule has 4 rings (SSSR count). The van der Waals surface area contributed by atoms with Crippen LogP contribution in [0.5, 0.6) is 5.88 Å². The van der Waals surface area contributed by atoms with Crippen molar-refractivity contribution in [2.75, 3.05) is 49.7 Å². The summed E-state index contributed by atoms with van der Waals surface area (Å²) in [5, 5.41) is 11.8. The number of carbonyl (C=O) groups is 1. The number of nitrogens with one attached hydrogen (secondary N) is 1. The van der Waals surface area contributed by atoms with Crippen molar-refractivity contribution in [1.29, 1.82) is 0 Å². The third-order valence-electron chi connectivity index (χ3n) is 5.58. The number of anilines is 2. The second-order valence-electron chi connectivity index (χ2n) is 8.14. The molecule has 1 amide bonds.